The van der Waals surface area contributed by atoms with Crippen molar-refractivity contribution in [3.63, 3.8) is 0 Å². The summed E-state index contributed by atoms with van der Waals surface area (Å²) in [5, 5.41) is 3.08. The SMILES string of the molecule is S=P12c3cccc(-c4ccc(-c5ccncc5)cc4)c3Oc3cccc(c31)Oc1c(-c3ccc(-c4ccncc4)cc3)cccc12. The zero-order chi connectivity index (χ0) is 30.7. The molecule has 4 nitrogen and oxygen atoms in total. The van der Waals surface area contributed by atoms with E-state index in [1.165, 1.54) is 0 Å². The van der Waals surface area contributed by atoms with Gasteiger partial charge in [0, 0.05) is 46.5 Å². The Morgan fingerprint density at radius 2 is 0.783 bits per heavy atom. The van der Waals surface area contributed by atoms with Crippen molar-refractivity contribution in [1.29, 1.82) is 0 Å². The largest absolute Gasteiger partial charge is 0.455 e. The molecule has 0 saturated heterocycles. The second kappa shape index (κ2) is 10.6. The summed E-state index contributed by atoms with van der Waals surface area (Å²) in [6.45, 7) is 0. The van der Waals surface area contributed by atoms with Crippen LogP contribution >= 0.6 is 6.04 Å². The Labute approximate surface area is 272 Å². The highest BCUT2D eigenvalue weighted by Crippen LogP contribution is 2.60. The minimum absolute atomic E-state index is 0.770. The van der Waals surface area contributed by atoms with Gasteiger partial charge in [0.25, 0.3) is 0 Å². The van der Waals surface area contributed by atoms with Gasteiger partial charge in [0.05, 0.1) is 11.3 Å². The fraction of sp³-hybridized carbons (Fsp3) is 0. The van der Waals surface area contributed by atoms with Gasteiger partial charge in [-0.2, -0.15) is 0 Å². The number of ether oxygens (including phenoxy) is 2. The lowest BCUT2D eigenvalue weighted by molar-refractivity contribution is 0.468. The first-order valence-corrected chi connectivity index (χ1v) is 17.9. The number of aromatic nitrogens is 2. The van der Waals surface area contributed by atoms with E-state index in [-0.39, 0.29) is 0 Å². The number of rotatable bonds is 4. The highest BCUT2D eigenvalue weighted by molar-refractivity contribution is 8.26. The molecule has 0 radical (unpaired) electrons. The van der Waals surface area contributed by atoms with Crippen LogP contribution < -0.4 is 25.4 Å². The normalized spacial score (nSPS) is 13.4. The Bertz CT molecular complexity index is 2170. The molecule has 9 rings (SSSR count). The molecule has 0 N–H and O–H groups in total. The lowest BCUT2D eigenvalue weighted by Gasteiger charge is -2.38. The molecular formula is C40H25N2O2PS. The van der Waals surface area contributed by atoms with E-state index in [0.29, 0.717) is 0 Å². The van der Waals surface area contributed by atoms with E-state index in [9.17, 15) is 0 Å². The molecule has 7 aromatic rings. The van der Waals surface area contributed by atoms with Crippen LogP contribution in [0.15, 0.2) is 152 Å². The van der Waals surface area contributed by atoms with Crippen molar-refractivity contribution in [3.8, 4) is 67.5 Å². The van der Waals surface area contributed by atoms with Gasteiger partial charge in [-0.25, -0.2) is 0 Å². The Hall–Kier alpha value is -5.35. The van der Waals surface area contributed by atoms with E-state index in [2.05, 4.69) is 94.9 Å². The summed E-state index contributed by atoms with van der Waals surface area (Å²) in [7, 11) is 0. The minimum atomic E-state index is -2.56. The molecule has 46 heavy (non-hydrogen) atoms. The lowest BCUT2D eigenvalue weighted by atomic mass is 10.00. The molecule has 218 valence electrons. The predicted octanol–water partition coefficient (Wildman–Crippen LogP) is 9.11. The molecular weight excluding hydrogens is 603 g/mol. The summed E-state index contributed by atoms with van der Waals surface area (Å²) in [5.74, 6) is 3.19. The average molecular weight is 629 g/mol. The summed E-state index contributed by atoms with van der Waals surface area (Å²) in [5.41, 5.74) is 8.74. The van der Waals surface area contributed by atoms with Crippen molar-refractivity contribution in [1.82, 2.24) is 9.97 Å². The van der Waals surface area contributed by atoms with Crippen LogP contribution in [0, 0.1) is 0 Å². The highest BCUT2D eigenvalue weighted by atomic mass is 32.4. The van der Waals surface area contributed by atoms with Crippen LogP contribution in [-0.2, 0) is 11.8 Å². The minimum Gasteiger partial charge on any atom is -0.455 e. The van der Waals surface area contributed by atoms with Gasteiger partial charge in [0.1, 0.15) is 23.0 Å². The van der Waals surface area contributed by atoms with Crippen LogP contribution in [0.4, 0.5) is 0 Å². The van der Waals surface area contributed by atoms with Crippen molar-refractivity contribution in [2.24, 2.45) is 0 Å². The van der Waals surface area contributed by atoms with E-state index < -0.39 is 6.04 Å². The van der Waals surface area contributed by atoms with Gasteiger partial charge in [-0.3, -0.25) is 9.97 Å². The van der Waals surface area contributed by atoms with Gasteiger partial charge in [-0.1, -0.05) is 90.7 Å². The standard InChI is InChI=1S/C40H25N2O2PS/c46-45-36-8-1-4-32(30-14-10-26(11-15-30)28-18-22-41-23-19-28)38(36)43-34-6-3-7-35(40(34)45)44-39-33(5-2-9-37(39)45)31-16-12-27(13-17-31)29-20-24-42-25-21-29/h1-25H. The van der Waals surface area contributed by atoms with Crippen molar-refractivity contribution in [2.45, 2.75) is 0 Å². The molecule has 0 bridgehead atoms. The molecule has 2 aromatic heterocycles. The molecule has 6 heteroatoms. The molecule has 0 saturated carbocycles. The van der Waals surface area contributed by atoms with Crippen LogP contribution in [0.2, 0.25) is 0 Å². The monoisotopic (exact) mass is 628 g/mol. The number of benzene rings is 5. The van der Waals surface area contributed by atoms with E-state index in [1.807, 2.05) is 67.3 Å². The molecule has 0 aliphatic carbocycles. The van der Waals surface area contributed by atoms with Crippen molar-refractivity contribution in [3.05, 3.63) is 152 Å². The van der Waals surface area contributed by atoms with E-state index in [1.54, 1.807) is 0 Å². The van der Waals surface area contributed by atoms with Gasteiger partial charge >= 0.3 is 0 Å². The van der Waals surface area contributed by atoms with Crippen LogP contribution in [0.25, 0.3) is 44.5 Å². The first-order valence-electron chi connectivity index (χ1n) is 15.1. The molecule has 0 unspecified atom stereocenters. The number of fused-ring (bicyclic) bond motifs is 4. The second-order valence-corrected chi connectivity index (χ2v) is 15.6. The molecule has 5 aromatic carbocycles. The summed E-state index contributed by atoms with van der Waals surface area (Å²) >= 11 is 6.89. The summed E-state index contributed by atoms with van der Waals surface area (Å²) in [6, 6.07) is 41.5. The molecule has 2 aliphatic rings. The highest BCUT2D eigenvalue weighted by Gasteiger charge is 2.43. The first-order chi connectivity index (χ1) is 22.7. The fourth-order valence-electron chi connectivity index (χ4n) is 6.56. The molecule has 0 spiro atoms. The summed E-state index contributed by atoms with van der Waals surface area (Å²) in [6.07, 6.45) is 7.27. The van der Waals surface area contributed by atoms with E-state index in [0.717, 1.165) is 83.4 Å². The Morgan fingerprint density at radius 1 is 0.413 bits per heavy atom. The maximum Gasteiger partial charge on any atom is 0.144 e. The van der Waals surface area contributed by atoms with Crippen molar-refractivity contribution in [2.75, 3.05) is 0 Å². The van der Waals surface area contributed by atoms with Gasteiger partial charge in [-0.05, 0) is 81.9 Å². The maximum atomic E-state index is 6.89. The third-order valence-corrected chi connectivity index (χ3v) is 13.6. The van der Waals surface area contributed by atoms with Crippen LogP contribution in [0.5, 0.6) is 23.0 Å². The van der Waals surface area contributed by atoms with Gasteiger partial charge in [0.15, 0.2) is 0 Å². The van der Waals surface area contributed by atoms with Gasteiger partial charge in [-0.15, -0.1) is 0 Å². The van der Waals surface area contributed by atoms with Gasteiger partial charge in [0.2, 0.25) is 0 Å². The van der Waals surface area contributed by atoms with Crippen molar-refractivity contribution >= 4 is 33.8 Å². The zero-order valence-electron chi connectivity index (χ0n) is 24.5. The lowest BCUT2D eigenvalue weighted by Crippen LogP contribution is -2.35. The molecule has 4 heterocycles. The topological polar surface area (TPSA) is 44.2 Å². The molecule has 0 amide bonds. The quantitative estimate of drug-likeness (QED) is 0.182. The Kier molecular flexibility index (Phi) is 6.24. The average Bonchev–Trinajstić information content (AvgIpc) is 3.12. The molecule has 0 fully saturated rings. The van der Waals surface area contributed by atoms with Crippen LogP contribution in [0.1, 0.15) is 0 Å². The van der Waals surface area contributed by atoms with Crippen molar-refractivity contribution < 1.29 is 9.47 Å². The first kappa shape index (κ1) is 27.0. The zero-order valence-corrected chi connectivity index (χ0v) is 26.2. The number of hydrogen-bond donors (Lipinski definition) is 0. The summed E-state index contributed by atoms with van der Waals surface area (Å²) in [4.78, 5) is 8.31. The Morgan fingerprint density at radius 3 is 1.22 bits per heavy atom. The van der Waals surface area contributed by atoms with Gasteiger partial charge < -0.3 is 9.47 Å². The number of hydrogen-bond acceptors (Lipinski definition) is 5. The van der Waals surface area contributed by atoms with E-state index in [4.69, 9.17) is 21.3 Å². The van der Waals surface area contributed by atoms with Crippen LogP contribution in [-0.4, -0.2) is 9.97 Å². The van der Waals surface area contributed by atoms with Crippen LogP contribution in [0.3, 0.4) is 0 Å². The third-order valence-electron chi connectivity index (χ3n) is 8.79. The molecule has 0 atom stereocenters. The molecule has 2 aliphatic heterocycles. The number of pyridine rings is 2. The maximum absolute atomic E-state index is 6.89. The third kappa shape index (κ3) is 4.17. The Balaban J connectivity index is 1.19. The number of nitrogens with zero attached hydrogens (tertiary/aromatic N) is 2. The van der Waals surface area contributed by atoms with E-state index >= 15 is 0 Å². The second-order valence-electron chi connectivity index (χ2n) is 11.4. The summed E-state index contributed by atoms with van der Waals surface area (Å²) < 4.78 is 13.5. The predicted molar refractivity (Wildman–Crippen MR) is 190 cm³/mol. The number of para-hydroxylation sites is 2. The smallest absolute Gasteiger partial charge is 0.144 e. The fourth-order valence-corrected chi connectivity index (χ4v) is 11.1.